The lowest BCUT2D eigenvalue weighted by Gasteiger charge is -2.24. The van der Waals surface area contributed by atoms with Gasteiger partial charge in [0.25, 0.3) is 5.91 Å². The molecule has 10 heteroatoms. The van der Waals surface area contributed by atoms with Crippen molar-refractivity contribution in [3.05, 3.63) is 100 Å². The molecule has 5 aromatic rings. The van der Waals surface area contributed by atoms with Gasteiger partial charge in [-0.25, -0.2) is 4.98 Å². The van der Waals surface area contributed by atoms with Crippen LogP contribution in [0.3, 0.4) is 0 Å². The Bertz CT molecular complexity index is 1850. The molecule has 0 bridgehead atoms. The molecule has 0 radical (unpaired) electrons. The summed E-state index contributed by atoms with van der Waals surface area (Å²) in [4.78, 5) is 35.7. The van der Waals surface area contributed by atoms with Crippen LogP contribution in [-0.4, -0.2) is 46.0 Å². The highest BCUT2D eigenvalue weighted by molar-refractivity contribution is 6.02. The van der Waals surface area contributed by atoms with E-state index in [1.165, 1.54) is 6.20 Å². The van der Waals surface area contributed by atoms with Crippen LogP contribution in [-0.2, 0) is 4.74 Å². The molecule has 6 rings (SSSR count). The van der Waals surface area contributed by atoms with Crippen LogP contribution in [0.4, 0.5) is 5.82 Å². The van der Waals surface area contributed by atoms with E-state index in [2.05, 4.69) is 20.4 Å². The Morgan fingerprint density at radius 2 is 1.79 bits per heavy atom. The Hall–Kier alpha value is -5.09. The van der Waals surface area contributed by atoms with Gasteiger partial charge in [0.15, 0.2) is 5.69 Å². The van der Waals surface area contributed by atoms with Crippen molar-refractivity contribution in [2.45, 2.75) is 32.7 Å². The highest BCUT2D eigenvalue weighted by Gasteiger charge is 2.23. The smallest absolute Gasteiger partial charge is 0.281 e. The molecule has 218 valence electrons. The number of nitrogens with one attached hydrogen (secondary N) is 1. The summed E-state index contributed by atoms with van der Waals surface area (Å²) in [5.41, 5.74) is 3.33. The Labute approximate surface area is 248 Å². The number of aryl methyl sites for hydroxylation is 2. The molecule has 43 heavy (non-hydrogen) atoms. The molecule has 0 aliphatic carbocycles. The van der Waals surface area contributed by atoms with Crippen LogP contribution in [0.2, 0.25) is 0 Å². The summed E-state index contributed by atoms with van der Waals surface area (Å²) in [7, 11) is 1.62. The summed E-state index contributed by atoms with van der Waals surface area (Å²) in [6.45, 7) is 5.14. The fourth-order valence-electron chi connectivity index (χ4n) is 5.11. The average molecular weight is 578 g/mol. The van der Waals surface area contributed by atoms with Crippen molar-refractivity contribution in [2.24, 2.45) is 0 Å². The van der Waals surface area contributed by atoms with Crippen molar-refractivity contribution < 1.29 is 19.0 Å². The number of pyridine rings is 2. The Kier molecular flexibility index (Phi) is 7.84. The van der Waals surface area contributed by atoms with Crippen molar-refractivity contribution in [3.63, 3.8) is 0 Å². The normalized spacial score (nSPS) is 13.6. The quantitative estimate of drug-likeness (QED) is 0.255. The van der Waals surface area contributed by atoms with Gasteiger partial charge in [0.1, 0.15) is 23.1 Å². The number of hydrogen-bond donors (Lipinski definition) is 1. The molecule has 1 fully saturated rings. The van der Waals surface area contributed by atoms with Crippen LogP contribution in [0.5, 0.6) is 17.2 Å². The highest BCUT2D eigenvalue weighted by atomic mass is 16.5. The summed E-state index contributed by atoms with van der Waals surface area (Å²) < 4.78 is 18.8. The molecule has 1 saturated heterocycles. The molecular weight excluding hydrogens is 546 g/mol. The number of fused-ring (bicyclic) bond motifs is 1. The van der Waals surface area contributed by atoms with Crippen LogP contribution in [0.25, 0.3) is 22.0 Å². The van der Waals surface area contributed by atoms with Crippen LogP contribution >= 0.6 is 0 Å². The first kappa shape index (κ1) is 28.0. The van der Waals surface area contributed by atoms with Crippen molar-refractivity contribution in [1.82, 2.24) is 19.7 Å². The molecule has 1 aliphatic heterocycles. The second kappa shape index (κ2) is 12.0. The van der Waals surface area contributed by atoms with Crippen LogP contribution < -0.4 is 20.2 Å². The minimum Gasteiger partial charge on any atom is -0.496 e. The predicted octanol–water partition coefficient (Wildman–Crippen LogP) is 5.88. The van der Waals surface area contributed by atoms with E-state index in [9.17, 15) is 9.59 Å². The third-order valence-electron chi connectivity index (χ3n) is 7.50. The first-order chi connectivity index (χ1) is 20.9. The topological polar surface area (TPSA) is 117 Å². The molecular formula is C33H31N5O5. The number of carbonyl (C=O) groups excluding carboxylic acids is 1. The number of nitrogens with zero attached hydrogens (tertiary/aromatic N) is 4. The van der Waals surface area contributed by atoms with Gasteiger partial charge in [-0.2, -0.15) is 5.10 Å². The third kappa shape index (κ3) is 5.96. The lowest BCUT2D eigenvalue weighted by molar-refractivity contribution is 0.0655. The SMILES string of the molecule is COc1cc2c(Oc3ccc(NC(=O)c4nn(C5CCOCC5)cc(-c5ccc(C)cc5)c4=O)nc3)ccnc2cc1C. The minimum absolute atomic E-state index is 0.0211. The molecule has 1 N–H and O–H groups in total. The van der Waals surface area contributed by atoms with Gasteiger partial charge >= 0.3 is 0 Å². The number of anilines is 1. The lowest BCUT2D eigenvalue weighted by atomic mass is 10.0. The van der Waals surface area contributed by atoms with Crippen molar-refractivity contribution in [2.75, 3.05) is 25.6 Å². The van der Waals surface area contributed by atoms with E-state index in [-0.39, 0.29) is 17.6 Å². The molecule has 0 spiro atoms. The van der Waals surface area contributed by atoms with Gasteiger partial charge in [-0.1, -0.05) is 29.8 Å². The lowest BCUT2D eigenvalue weighted by Crippen LogP contribution is -2.30. The fourth-order valence-corrected chi connectivity index (χ4v) is 5.11. The summed E-state index contributed by atoms with van der Waals surface area (Å²) in [5, 5.41) is 8.01. The summed E-state index contributed by atoms with van der Waals surface area (Å²) in [6, 6.07) is 16.6. The Balaban J connectivity index is 1.26. The maximum Gasteiger partial charge on any atom is 0.281 e. The molecule has 0 saturated carbocycles. The number of ether oxygens (including phenoxy) is 3. The minimum atomic E-state index is -0.636. The van der Waals surface area contributed by atoms with Gasteiger partial charge in [-0.15, -0.1) is 0 Å². The molecule has 0 unspecified atom stereocenters. The number of rotatable bonds is 7. The number of carbonyl (C=O) groups is 1. The van der Waals surface area contributed by atoms with Crippen LogP contribution in [0.1, 0.15) is 40.5 Å². The van der Waals surface area contributed by atoms with Gasteiger partial charge in [0.05, 0.1) is 24.9 Å². The molecule has 3 aromatic heterocycles. The zero-order chi connectivity index (χ0) is 29.9. The van der Waals surface area contributed by atoms with E-state index < -0.39 is 11.3 Å². The van der Waals surface area contributed by atoms with Gasteiger partial charge in [0.2, 0.25) is 5.43 Å². The standard InChI is InChI=1S/C33H31N5O5/c1-20-4-6-22(7-5-20)26-19-38(23-11-14-42-15-12-23)37-31(32(26)39)33(40)36-30-9-8-24(18-35-30)43-28-10-13-34-27-16-21(2)29(41-3)17-25(27)28/h4-10,13,16-19,23H,11-12,14-15H2,1-3H3,(H,35,36,40). The number of hydrogen-bond acceptors (Lipinski definition) is 8. The molecule has 0 atom stereocenters. The molecule has 4 heterocycles. The first-order valence-corrected chi connectivity index (χ1v) is 14.1. The van der Waals surface area contributed by atoms with Crippen molar-refractivity contribution in [3.8, 4) is 28.4 Å². The predicted molar refractivity (Wildman–Crippen MR) is 163 cm³/mol. The number of amides is 1. The zero-order valence-corrected chi connectivity index (χ0v) is 24.2. The van der Waals surface area contributed by atoms with E-state index in [4.69, 9.17) is 14.2 Å². The van der Waals surface area contributed by atoms with Crippen molar-refractivity contribution in [1.29, 1.82) is 0 Å². The first-order valence-electron chi connectivity index (χ1n) is 14.1. The molecule has 1 aliphatic rings. The second-order valence-corrected chi connectivity index (χ2v) is 10.5. The van der Waals surface area contributed by atoms with Gasteiger partial charge < -0.3 is 19.5 Å². The fraction of sp³-hybridized carbons (Fsp3) is 0.242. The summed E-state index contributed by atoms with van der Waals surface area (Å²) >= 11 is 0. The summed E-state index contributed by atoms with van der Waals surface area (Å²) in [6.07, 6.45) is 6.41. The molecule has 2 aromatic carbocycles. The van der Waals surface area contributed by atoms with E-state index in [0.29, 0.717) is 30.3 Å². The highest BCUT2D eigenvalue weighted by Crippen LogP contribution is 2.33. The number of methoxy groups -OCH3 is 1. The molecule has 1 amide bonds. The van der Waals surface area contributed by atoms with E-state index in [0.717, 1.165) is 46.2 Å². The number of aromatic nitrogens is 4. The second-order valence-electron chi connectivity index (χ2n) is 10.5. The zero-order valence-electron chi connectivity index (χ0n) is 24.2. The van der Waals surface area contributed by atoms with Gasteiger partial charge in [-0.3, -0.25) is 19.3 Å². The van der Waals surface area contributed by atoms with Gasteiger partial charge in [0, 0.05) is 36.6 Å². The Morgan fingerprint density at radius 1 is 1.00 bits per heavy atom. The third-order valence-corrected chi connectivity index (χ3v) is 7.50. The van der Waals surface area contributed by atoms with Crippen LogP contribution in [0, 0.1) is 13.8 Å². The van der Waals surface area contributed by atoms with Crippen molar-refractivity contribution >= 4 is 22.6 Å². The van der Waals surface area contributed by atoms with Crippen LogP contribution in [0.15, 0.2) is 78.0 Å². The maximum atomic E-state index is 13.5. The average Bonchev–Trinajstić information content (AvgIpc) is 3.03. The van der Waals surface area contributed by atoms with Gasteiger partial charge in [-0.05, 0) is 68.1 Å². The number of benzene rings is 2. The summed E-state index contributed by atoms with van der Waals surface area (Å²) in [5.74, 6) is 1.41. The monoisotopic (exact) mass is 577 g/mol. The van der Waals surface area contributed by atoms with E-state index in [1.807, 2.05) is 50.2 Å². The van der Waals surface area contributed by atoms with E-state index >= 15 is 0 Å². The largest absolute Gasteiger partial charge is 0.496 e. The van der Waals surface area contributed by atoms with E-state index in [1.54, 1.807) is 42.4 Å². The molecule has 10 nitrogen and oxygen atoms in total. The maximum absolute atomic E-state index is 13.5. The Morgan fingerprint density at radius 3 is 2.51 bits per heavy atom.